The van der Waals surface area contributed by atoms with Crippen LogP contribution in [0.1, 0.15) is 45.9 Å². The SMILES string of the molecule is Cc1ccccc1C(=O)N(C)C1CCCc2ccccc21. The average Bonchev–Trinajstić information content (AvgIpc) is 2.53. The van der Waals surface area contributed by atoms with Crippen molar-refractivity contribution in [2.24, 2.45) is 0 Å². The van der Waals surface area contributed by atoms with E-state index >= 15 is 0 Å². The number of hydrogen-bond donors (Lipinski definition) is 0. The molecule has 21 heavy (non-hydrogen) atoms. The van der Waals surface area contributed by atoms with Gasteiger partial charge in [-0.15, -0.1) is 0 Å². The number of aryl methyl sites for hydroxylation is 2. The van der Waals surface area contributed by atoms with E-state index in [0.29, 0.717) is 0 Å². The van der Waals surface area contributed by atoms with Crippen molar-refractivity contribution in [1.82, 2.24) is 4.90 Å². The van der Waals surface area contributed by atoms with Crippen LogP contribution in [-0.2, 0) is 6.42 Å². The summed E-state index contributed by atoms with van der Waals surface area (Å²) in [5, 5.41) is 0. The van der Waals surface area contributed by atoms with Gasteiger partial charge in [0.25, 0.3) is 5.91 Å². The predicted molar refractivity (Wildman–Crippen MR) is 85.4 cm³/mol. The fourth-order valence-corrected chi connectivity index (χ4v) is 3.27. The molecule has 3 rings (SSSR count). The van der Waals surface area contributed by atoms with Crippen LogP contribution in [0.25, 0.3) is 0 Å². The zero-order valence-electron chi connectivity index (χ0n) is 12.7. The number of amides is 1. The smallest absolute Gasteiger partial charge is 0.254 e. The Kier molecular flexibility index (Phi) is 3.78. The van der Waals surface area contributed by atoms with E-state index < -0.39 is 0 Å². The highest BCUT2D eigenvalue weighted by Gasteiger charge is 2.27. The van der Waals surface area contributed by atoms with Crippen LogP contribution in [0.2, 0.25) is 0 Å². The van der Waals surface area contributed by atoms with E-state index in [0.717, 1.165) is 30.4 Å². The van der Waals surface area contributed by atoms with E-state index in [9.17, 15) is 4.79 Å². The molecule has 108 valence electrons. The molecule has 1 aliphatic carbocycles. The summed E-state index contributed by atoms with van der Waals surface area (Å²) in [6, 6.07) is 16.5. The largest absolute Gasteiger partial charge is 0.335 e. The van der Waals surface area contributed by atoms with Gasteiger partial charge < -0.3 is 4.90 Å². The quantitative estimate of drug-likeness (QED) is 0.809. The Bertz CT molecular complexity index is 662. The van der Waals surface area contributed by atoms with Gasteiger partial charge in [-0.05, 0) is 48.9 Å². The number of benzene rings is 2. The van der Waals surface area contributed by atoms with Gasteiger partial charge in [0.2, 0.25) is 0 Å². The monoisotopic (exact) mass is 279 g/mol. The molecule has 2 aromatic rings. The Hall–Kier alpha value is -2.09. The van der Waals surface area contributed by atoms with Gasteiger partial charge in [0.05, 0.1) is 6.04 Å². The number of carbonyl (C=O) groups excluding carboxylic acids is 1. The summed E-state index contributed by atoms with van der Waals surface area (Å²) in [5.41, 5.74) is 4.55. The molecule has 1 aliphatic rings. The fraction of sp³-hybridized carbons (Fsp3) is 0.316. The van der Waals surface area contributed by atoms with E-state index in [2.05, 4.69) is 24.3 Å². The second-order valence-corrected chi connectivity index (χ2v) is 5.84. The van der Waals surface area contributed by atoms with E-state index in [1.807, 2.05) is 43.1 Å². The highest BCUT2D eigenvalue weighted by molar-refractivity contribution is 5.95. The Balaban J connectivity index is 1.91. The van der Waals surface area contributed by atoms with Gasteiger partial charge in [-0.2, -0.15) is 0 Å². The third kappa shape index (κ3) is 2.58. The molecule has 0 radical (unpaired) electrons. The van der Waals surface area contributed by atoms with Crippen LogP contribution in [0.3, 0.4) is 0 Å². The molecule has 2 nitrogen and oxygen atoms in total. The third-order valence-corrected chi connectivity index (χ3v) is 4.50. The molecular weight excluding hydrogens is 258 g/mol. The maximum Gasteiger partial charge on any atom is 0.254 e. The minimum Gasteiger partial charge on any atom is -0.335 e. The second kappa shape index (κ2) is 5.72. The van der Waals surface area contributed by atoms with Crippen molar-refractivity contribution < 1.29 is 4.79 Å². The molecule has 0 saturated heterocycles. The minimum atomic E-state index is 0.120. The number of carbonyl (C=O) groups is 1. The normalized spacial score (nSPS) is 17.1. The molecule has 2 heteroatoms. The van der Waals surface area contributed by atoms with Crippen LogP contribution >= 0.6 is 0 Å². The molecule has 1 amide bonds. The summed E-state index contributed by atoms with van der Waals surface area (Å²) >= 11 is 0. The van der Waals surface area contributed by atoms with Crippen LogP contribution < -0.4 is 0 Å². The second-order valence-electron chi connectivity index (χ2n) is 5.84. The lowest BCUT2D eigenvalue weighted by Gasteiger charge is -2.33. The number of rotatable bonds is 2. The van der Waals surface area contributed by atoms with Crippen molar-refractivity contribution in [2.45, 2.75) is 32.2 Å². The van der Waals surface area contributed by atoms with Crippen LogP contribution in [0, 0.1) is 6.92 Å². The molecule has 1 unspecified atom stereocenters. The van der Waals surface area contributed by atoms with Crippen LogP contribution in [0.15, 0.2) is 48.5 Å². The van der Waals surface area contributed by atoms with Crippen LogP contribution in [-0.4, -0.2) is 17.9 Å². The lowest BCUT2D eigenvalue weighted by atomic mass is 9.86. The Morgan fingerprint density at radius 2 is 1.81 bits per heavy atom. The summed E-state index contributed by atoms with van der Waals surface area (Å²) in [6.45, 7) is 2.00. The highest BCUT2D eigenvalue weighted by Crippen LogP contribution is 2.34. The molecule has 2 aromatic carbocycles. The molecule has 0 fully saturated rings. The summed E-state index contributed by atoms with van der Waals surface area (Å²) in [5.74, 6) is 0.120. The molecule has 0 aliphatic heterocycles. The first kappa shape index (κ1) is 13.9. The highest BCUT2D eigenvalue weighted by atomic mass is 16.2. The fourth-order valence-electron chi connectivity index (χ4n) is 3.27. The Morgan fingerprint density at radius 3 is 2.62 bits per heavy atom. The van der Waals surface area contributed by atoms with Gasteiger partial charge in [0, 0.05) is 12.6 Å². The molecule has 0 N–H and O–H groups in total. The molecule has 0 bridgehead atoms. The third-order valence-electron chi connectivity index (χ3n) is 4.50. The van der Waals surface area contributed by atoms with Crippen molar-refractivity contribution in [3.63, 3.8) is 0 Å². The van der Waals surface area contributed by atoms with Gasteiger partial charge in [-0.1, -0.05) is 42.5 Å². The lowest BCUT2D eigenvalue weighted by Crippen LogP contribution is -2.33. The summed E-state index contributed by atoms with van der Waals surface area (Å²) < 4.78 is 0. The Labute approximate surface area is 126 Å². The topological polar surface area (TPSA) is 20.3 Å². The standard InChI is InChI=1S/C19H21NO/c1-14-8-3-5-11-16(14)19(21)20(2)18-13-7-10-15-9-4-6-12-17(15)18/h3-6,8-9,11-12,18H,7,10,13H2,1-2H3. The van der Waals surface area contributed by atoms with Crippen molar-refractivity contribution in [2.75, 3.05) is 7.05 Å². The van der Waals surface area contributed by atoms with Gasteiger partial charge in [-0.3, -0.25) is 4.79 Å². The maximum absolute atomic E-state index is 12.8. The molecule has 1 atom stereocenters. The van der Waals surface area contributed by atoms with E-state index in [1.54, 1.807) is 0 Å². The molecular formula is C19H21NO. The molecule has 0 saturated carbocycles. The van der Waals surface area contributed by atoms with Crippen molar-refractivity contribution >= 4 is 5.91 Å². The summed E-state index contributed by atoms with van der Waals surface area (Å²) in [4.78, 5) is 14.7. The zero-order chi connectivity index (χ0) is 14.8. The Morgan fingerprint density at radius 1 is 1.10 bits per heavy atom. The maximum atomic E-state index is 12.8. The first-order chi connectivity index (χ1) is 10.2. The molecule has 0 aromatic heterocycles. The van der Waals surface area contributed by atoms with Gasteiger partial charge in [0.1, 0.15) is 0 Å². The number of nitrogens with zero attached hydrogens (tertiary/aromatic N) is 1. The predicted octanol–water partition coefficient (Wildman–Crippen LogP) is 4.14. The van der Waals surface area contributed by atoms with E-state index in [4.69, 9.17) is 0 Å². The average molecular weight is 279 g/mol. The molecule has 0 spiro atoms. The van der Waals surface area contributed by atoms with Crippen molar-refractivity contribution in [3.05, 3.63) is 70.8 Å². The van der Waals surface area contributed by atoms with E-state index in [-0.39, 0.29) is 11.9 Å². The van der Waals surface area contributed by atoms with Crippen molar-refractivity contribution in [3.8, 4) is 0 Å². The van der Waals surface area contributed by atoms with Crippen LogP contribution in [0.4, 0.5) is 0 Å². The van der Waals surface area contributed by atoms with Gasteiger partial charge >= 0.3 is 0 Å². The summed E-state index contributed by atoms with van der Waals surface area (Å²) in [7, 11) is 1.93. The van der Waals surface area contributed by atoms with Gasteiger partial charge in [0.15, 0.2) is 0 Å². The van der Waals surface area contributed by atoms with Gasteiger partial charge in [-0.25, -0.2) is 0 Å². The van der Waals surface area contributed by atoms with Crippen LogP contribution in [0.5, 0.6) is 0 Å². The zero-order valence-corrected chi connectivity index (χ0v) is 12.7. The first-order valence-electron chi connectivity index (χ1n) is 7.59. The first-order valence-corrected chi connectivity index (χ1v) is 7.59. The number of fused-ring (bicyclic) bond motifs is 1. The molecule has 0 heterocycles. The van der Waals surface area contributed by atoms with Crippen molar-refractivity contribution in [1.29, 1.82) is 0 Å². The lowest BCUT2D eigenvalue weighted by molar-refractivity contribution is 0.0714. The number of hydrogen-bond acceptors (Lipinski definition) is 1. The minimum absolute atomic E-state index is 0.120. The van der Waals surface area contributed by atoms with E-state index in [1.165, 1.54) is 11.1 Å². The summed E-state index contributed by atoms with van der Waals surface area (Å²) in [6.07, 6.45) is 3.32.